The third kappa shape index (κ3) is 4.22. The van der Waals surface area contributed by atoms with Crippen molar-refractivity contribution in [2.45, 2.75) is 0 Å². The van der Waals surface area contributed by atoms with Crippen LogP contribution in [-0.2, 0) is 4.79 Å². The van der Waals surface area contributed by atoms with E-state index < -0.39 is 0 Å². The summed E-state index contributed by atoms with van der Waals surface area (Å²) >= 11 is 0. The van der Waals surface area contributed by atoms with Crippen LogP contribution in [0.25, 0.3) is 23.0 Å². The molecule has 3 rings (SSSR count). The highest BCUT2D eigenvalue weighted by Gasteiger charge is 2.10. The van der Waals surface area contributed by atoms with Crippen LogP contribution in [0, 0.1) is 0 Å². The SMILES string of the molecule is O=C(C=Cc1cn(-c2ccccc2)nc1-c1ccccc1)NCCO. The first-order valence-electron chi connectivity index (χ1n) is 8.05. The molecule has 25 heavy (non-hydrogen) atoms. The zero-order valence-corrected chi connectivity index (χ0v) is 13.7. The van der Waals surface area contributed by atoms with Gasteiger partial charge in [0.1, 0.15) is 0 Å². The number of nitrogens with one attached hydrogen (secondary N) is 1. The fraction of sp³-hybridized carbons (Fsp3) is 0.100. The fourth-order valence-electron chi connectivity index (χ4n) is 2.45. The third-order valence-electron chi connectivity index (χ3n) is 3.64. The Bertz CT molecular complexity index is 855. The van der Waals surface area contributed by atoms with Crippen LogP contribution in [0.15, 0.2) is 72.9 Å². The first kappa shape index (κ1) is 16.7. The average molecular weight is 333 g/mol. The summed E-state index contributed by atoms with van der Waals surface area (Å²) in [6.45, 7) is 0.152. The van der Waals surface area contributed by atoms with Gasteiger partial charge in [-0.1, -0.05) is 48.5 Å². The van der Waals surface area contributed by atoms with Crippen molar-refractivity contribution < 1.29 is 9.90 Å². The Morgan fingerprint density at radius 1 is 1.08 bits per heavy atom. The van der Waals surface area contributed by atoms with E-state index in [0.29, 0.717) is 0 Å². The molecule has 0 fully saturated rings. The van der Waals surface area contributed by atoms with Crippen molar-refractivity contribution in [1.29, 1.82) is 0 Å². The molecule has 3 aromatic rings. The van der Waals surface area contributed by atoms with E-state index in [1.165, 1.54) is 6.08 Å². The maximum Gasteiger partial charge on any atom is 0.244 e. The number of nitrogens with zero attached hydrogens (tertiary/aromatic N) is 2. The minimum atomic E-state index is -0.250. The molecule has 2 N–H and O–H groups in total. The Balaban J connectivity index is 1.96. The Hall–Kier alpha value is -3.18. The average Bonchev–Trinajstić information content (AvgIpc) is 3.10. The van der Waals surface area contributed by atoms with Gasteiger partial charge in [0.05, 0.1) is 18.0 Å². The molecule has 0 atom stereocenters. The lowest BCUT2D eigenvalue weighted by molar-refractivity contribution is -0.116. The van der Waals surface area contributed by atoms with Crippen LogP contribution in [0.2, 0.25) is 0 Å². The second kappa shape index (κ2) is 8.08. The molecule has 0 aliphatic rings. The lowest BCUT2D eigenvalue weighted by Gasteiger charge is -2.00. The van der Waals surface area contributed by atoms with Gasteiger partial charge in [-0.25, -0.2) is 4.68 Å². The Kier molecular flexibility index (Phi) is 5.39. The van der Waals surface area contributed by atoms with Crippen molar-refractivity contribution >= 4 is 12.0 Å². The van der Waals surface area contributed by atoms with Gasteiger partial charge in [0.25, 0.3) is 0 Å². The first-order chi connectivity index (χ1) is 12.3. The van der Waals surface area contributed by atoms with Crippen molar-refractivity contribution in [3.63, 3.8) is 0 Å². The van der Waals surface area contributed by atoms with Gasteiger partial charge in [0.15, 0.2) is 0 Å². The van der Waals surface area contributed by atoms with Crippen LogP contribution in [0.4, 0.5) is 0 Å². The smallest absolute Gasteiger partial charge is 0.244 e. The zero-order chi connectivity index (χ0) is 17.5. The summed E-state index contributed by atoms with van der Waals surface area (Å²) in [6.07, 6.45) is 5.09. The van der Waals surface area contributed by atoms with Gasteiger partial charge in [-0.2, -0.15) is 5.10 Å². The summed E-state index contributed by atoms with van der Waals surface area (Å²) in [6, 6.07) is 19.7. The third-order valence-corrected chi connectivity index (χ3v) is 3.64. The Labute approximate surface area is 146 Å². The largest absolute Gasteiger partial charge is 0.395 e. The molecule has 0 aliphatic heterocycles. The number of benzene rings is 2. The van der Waals surface area contributed by atoms with E-state index in [1.54, 1.807) is 10.8 Å². The number of carbonyl (C=O) groups is 1. The molecular formula is C20H19N3O2. The predicted octanol–water partition coefficient (Wildman–Crippen LogP) is 2.66. The monoisotopic (exact) mass is 333 g/mol. The van der Waals surface area contributed by atoms with Gasteiger partial charge in [-0.05, 0) is 18.2 Å². The van der Waals surface area contributed by atoms with E-state index in [0.717, 1.165) is 22.5 Å². The molecule has 126 valence electrons. The van der Waals surface area contributed by atoms with Crippen LogP contribution < -0.4 is 5.32 Å². The molecule has 1 heterocycles. The maximum absolute atomic E-state index is 11.8. The highest BCUT2D eigenvalue weighted by Crippen LogP contribution is 2.24. The number of rotatable bonds is 6. The molecule has 1 amide bonds. The van der Waals surface area contributed by atoms with Gasteiger partial charge < -0.3 is 10.4 Å². The number of amides is 1. The number of aliphatic hydroxyl groups excluding tert-OH is 1. The molecule has 0 bridgehead atoms. The fourth-order valence-corrected chi connectivity index (χ4v) is 2.45. The van der Waals surface area contributed by atoms with Crippen molar-refractivity contribution in [2.75, 3.05) is 13.2 Å². The molecule has 0 spiro atoms. The number of aliphatic hydroxyl groups is 1. The number of carbonyl (C=O) groups excluding carboxylic acids is 1. The van der Waals surface area contributed by atoms with Crippen molar-refractivity contribution in [3.8, 4) is 16.9 Å². The minimum Gasteiger partial charge on any atom is -0.395 e. The van der Waals surface area contributed by atoms with E-state index in [4.69, 9.17) is 5.11 Å². The van der Waals surface area contributed by atoms with E-state index in [1.807, 2.05) is 66.9 Å². The standard InChI is InChI=1S/C20H19N3O2/c24-14-13-21-19(25)12-11-17-15-23(18-9-5-2-6-10-18)22-20(17)16-7-3-1-4-8-16/h1-12,15,24H,13-14H2,(H,21,25). The van der Waals surface area contributed by atoms with Crippen molar-refractivity contribution in [2.24, 2.45) is 0 Å². The van der Waals surface area contributed by atoms with E-state index >= 15 is 0 Å². The normalized spacial score (nSPS) is 10.9. The molecular weight excluding hydrogens is 314 g/mol. The van der Waals surface area contributed by atoms with Gasteiger partial charge in [0.2, 0.25) is 5.91 Å². The van der Waals surface area contributed by atoms with Gasteiger partial charge in [0, 0.05) is 29.9 Å². The topological polar surface area (TPSA) is 67.2 Å². The molecule has 0 saturated carbocycles. The molecule has 5 nitrogen and oxygen atoms in total. The van der Waals surface area contributed by atoms with Gasteiger partial charge in [-0.3, -0.25) is 4.79 Å². The van der Waals surface area contributed by atoms with Crippen LogP contribution in [0.1, 0.15) is 5.56 Å². The summed E-state index contributed by atoms with van der Waals surface area (Å²) < 4.78 is 1.80. The van der Waals surface area contributed by atoms with E-state index in [-0.39, 0.29) is 19.1 Å². The molecule has 1 aromatic heterocycles. The van der Waals surface area contributed by atoms with Crippen LogP contribution in [-0.4, -0.2) is 33.9 Å². The predicted molar refractivity (Wildman–Crippen MR) is 98.1 cm³/mol. The summed E-state index contributed by atoms with van der Waals surface area (Å²) in [7, 11) is 0. The second-order valence-corrected chi connectivity index (χ2v) is 5.43. The molecule has 0 radical (unpaired) electrons. The summed E-state index contributed by atoms with van der Waals surface area (Å²) in [5.41, 5.74) is 3.57. The number of hydrogen-bond donors (Lipinski definition) is 2. The van der Waals surface area contributed by atoms with E-state index in [2.05, 4.69) is 10.4 Å². The van der Waals surface area contributed by atoms with Crippen LogP contribution >= 0.6 is 0 Å². The van der Waals surface area contributed by atoms with Crippen LogP contribution in [0.3, 0.4) is 0 Å². The highest BCUT2D eigenvalue weighted by atomic mass is 16.3. The van der Waals surface area contributed by atoms with Gasteiger partial charge >= 0.3 is 0 Å². The lowest BCUT2D eigenvalue weighted by Crippen LogP contribution is -2.24. The quantitative estimate of drug-likeness (QED) is 0.682. The minimum absolute atomic E-state index is 0.0826. The van der Waals surface area contributed by atoms with Crippen molar-refractivity contribution in [3.05, 3.63) is 78.5 Å². The molecule has 0 aliphatic carbocycles. The number of hydrogen-bond acceptors (Lipinski definition) is 3. The second-order valence-electron chi connectivity index (χ2n) is 5.43. The van der Waals surface area contributed by atoms with Crippen LogP contribution in [0.5, 0.6) is 0 Å². The summed E-state index contributed by atoms with van der Waals surface area (Å²) in [4.78, 5) is 11.8. The first-order valence-corrected chi connectivity index (χ1v) is 8.05. The summed E-state index contributed by atoms with van der Waals surface area (Å²) in [5.74, 6) is -0.250. The molecule has 0 unspecified atom stereocenters. The molecule has 5 heteroatoms. The summed E-state index contributed by atoms with van der Waals surface area (Å²) in [5, 5.41) is 16.1. The number of para-hydroxylation sites is 1. The lowest BCUT2D eigenvalue weighted by atomic mass is 10.1. The maximum atomic E-state index is 11.8. The Morgan fingerprint density at radius 2 is 1.76 bits per heavy atom. The number of aromatic nitrogens is 2. The Morgan fingerprint density at radius 3 is 2.44 bits per heavy atom. The molecule has 0 saturated heterocycles. The highest BCUT2D eigenvalue weighted by molar-refractivity contribution is 5.92. The van der Waals surface area contributed by atoms with E-state index in [9.17, 15) is 4.79 Å². The molecule has 2 aromatic carbocycles. The zero-order valence-electron chi connectivity index (χ0n) is 13.7. The van der Waals surface area contributed by atoms with Gasteiger partial charge in [-0.15, -0.1) is 0 Å². The van der Waals surface area contributed by atoms with Crippen molar-refractivity contribution in [1.82, 2.24) is 15.1 Å².